The summed E-state index contributed by atoms with van der Waals surface area (Å²) >= 11 is 0. The number of sulfonamides is 1. The molecular formula is C18H23N3O4S. The molecule has 1 amide bonds. The maximum absolute atomic E-state index is 12.5. The molecular weight excluding hydrogens is 354 g/mol. The lowest BCUT2D eigenvalue weighted by Crippen LogP contribution is -2.46. The summed E-state index contributed by atoms with van der Waals surface area (Å²) in [5.74, 6) is 0.320. The van der Waals surface area contributed by atoms with Gasteiger partial charge in [-0.2, -0.15) is 8.42 Å². The predicted molar refractivity (Wildman–Crippen MR) is 96.4 cm³/mol. The molecule has 26 heavy (non-hydrogen) atoms. The van der Waals surface area contributed by atoms with Crippen LogP contribution in [-0.2, 0) is 19.6 Å². The van der Waals surface area contributed by atoms with E-state index >= 15 is 0 Å². The molecule has 0 aliphatic carbocycles. The van der Waals surface area contributed by atoms with Crippen LogP contribution in [0.25, 0.3) is 0 Å². The van der Waals surface area contributed by atoms with Crippen LogP contribution in [0.15, 0.2) is 33.6 Å². The van der Waals surface area contributed by atoms with Gasteiger partial charge in [0, 0.05) is 31.8 Å². The Labute approximate surface area is 153 Å². The molecule has 0 saturated carbocycles. The smallest absolute Gasteiger partial charge is 0.285 e. The fourth-order valence-corrected chi connectivity index (χ4v) is 5.09. The number of carbonyl (C=O) groups is 1. The van der Waals surface area contributed by atoms with Crippen molar-refractivity contribution < 1.29 is 17.9 Å². The van der Waals surface area contributed by atoms with Crippen LogP contribution in [0, 0.1) is 5.92 Å². The zero-order valence-electron chi connectivity index (χ0n) is 14.6. The third-order valence-corrected chi connectivity index (χ3v) is 6.56. The molecule has 4 rings (SSSR count). The molecule has 2 atom stereocenters. The Bertz CT molecular complexity index is 831. The molecule has 3 aliphatic rings. The highest BCUT2D eigenvalue weighted by Crippen LogP contribution is 2.29. The summed E-state index contributed by atoms with van der Waals surface area (Å²) in [6, 6.07) is 6.87. The fraction of sp³-hybridized carbons (Fsp3) is 0.556. The van der Waals surface area contributed by atoms with Gasteiger partial charge in [0.15, 0.2) is 5.84 Å². The number of rotatable bonds is 3. The fourth-order valence-electron chi connectivity index (χ4n) is 3.86. The zero-order valence-corrected chi connectivity index (χ0v) is 15.4. The van der Waals surface area contributed by atoms with Crippen LogP contribution in [0.5, 0.6) is 0 Å². The first kappa shape index (κ1) is 17.5. The summed E-state index contributed by atoms with van der Waals surface area (Å²) in [5, 5.41) is 2.99. The monoisotopic (exact) mass is 377 g/mol. The van der Waals surface area contributed by atoms with E-state index in [1.54, 1.807) is 18.2 Å². The van der Waals surface area contributed by atoms with Crippen LogP contribution in [0.2, 0.25) is 0 Å². The van der Waals surface area contributed by atoms with Crippen molar-refractivity contribution in [3.05, 3.63) is 29.8 Å². The Balaban J connectivity index is 1.45. The van der Waals surface area contributed by atoms with Gasteiger partial charge >= 0.3 is 0 Å². The maximum Gasteiger partial charge on any atom is 0.285 e. The van der Waals surface area contributed by atoms with Crippen molar-refractivity contribution in [2.24, 2.45) is 10.3 Å². The van der Waals surface area contributed by atoms with Gasteiger partial charge < -0.3 is 15.0 Å². The van der Waals surface area contributed by atoms with E-state index in [1.165, 1.54) is 0 Å². The summed E-state index contributed by atoms with van der Waals surface area (Å²) < 4.78 is 34.0. The van der Waals surface area contributed by atoms with Crippen LogP contribution in [0.1, 0.15) is 31.2 Å². The topological polar surface area (TPSA) is 88.1 Å². The number of nitrogens with zero attached hydrogens (tertiary/aromatic N) is 2. The average Bonchev–Trinajstić information content (AvgIpc) is 3.26. The van der Waals surface area contributed by atoms with Crippen LogP contribution in [0.3, 0.4) is 0 Å². The molecule has 0 bridgehead atoms. The van der Waals surface area contributed by atoms with Gasteiger partial charge in [0.05, 0.1) is 12.0 Å². The van der Waals surface area contributed by atoms with Crippen molar-refractivity contribution in [2.75, 3.05) is 26.2 Å². The van der Waals surface area contributed by atoms with E-state index in [-0.39, 0.29) is 22.8 Å². The second-order valence-corrected chi connectivity index (χ2v) is 8.62. The number of nitrogens with one attached hydrogen (secondary N) is 1. The van der Waals surface area contributed by atoms with E-state index in [1.807, 2.05) is 11.0 Å². The number of hydrogen-bond acceptors (Lipinski definition) is 5. The molecule has 2 unspecified atom stereocenters. The van der Waals surface area contributed by atoms with E-state index in [4.69, 9.17) is 4.74 Å². The summed E-state index contributed by atoms with van der Waals surface area (Å²) in [6.07, 6.45) is 3.79. The van der Waals surface area contributed by atoms with Gasteiger partial charge in [-0.15, -0.1) is 4.40 Å². The highest BCUT2D eigenvalue weighted by molar-refractivity contribution is 7.90. The molecule has 1 N–H and O–H groups in total. The Morgan fingerprint density at radius 1 is 1.27 bits per heavy atom. The minimum absolute atomic E-state index is 0.0138. The molecule has 140 valence electrons. The van der Waals surface area contributed by atoms with Crippen molar-refractivity contribution in [1.29, 1.82) is 0 Å². The van der Waals surface area contributed by atoms with Gasteiger partial charge in [0.1, 0.15) is 4.90 Å². The Hall–Kier alpha value is -1.93. The van der Waals surface area contributed by atoms with E-state index in [0.717, 1.165) is 32.3 Å². The van der Waals surface area contributed by atoms with E-state index in [9.17, 15) is 13.2 Å². The lowest BCUT2D eigenvalue weighted by molar-refractivity contribution is -0.126. The summed E-state index contributed by atoms with van der Waals surface area (Å²) in [4.78, 5) is 14.7. The van der Waals surface area contributed by atoms with Gasteiger partial charge in [-0.3, -0.25) is 4.79 Å². The molecule has 8 heteroatoms. The van der Waals surface area contributed by atoms with Crippen LogP contribution in [-0.4, -0.2) is 57.4 Å². The second-order valence-electron chi connectivity index (χ2n) is 7.05. The minimum atomic E-state index is -3.63. The molecule has 3 heterocycles. The molecule has 2 fully saturated rings. The van der Waals surface area contributed by atoms with Gasteiger partial charge in [-0.25, -0.2) is 0 Å². The predicted octanol–water partition coefficient (Wildman–Crippen LogP) is 1.14. The first-order valence-corrected chi connectivity index (χ1v) is 10.6. The highest BCUT2D eigenvalue weighted by atomic mass is 32.2. The van der Waals surface area contributed by atoms with E-state index < -0.39 is 10.0 Å². The van der Waals surface area contributed by atoms with Crippen molar-refractivity contribution in [1.82, 2.24) is 10.2 Å². The largest absolute Gasteiger partial charge is 0.376 e. The summed E-state index contributed by atoms with van der Waals surface area (Å²) in [7, 11) is -3.63. The normalized spacial score (nSPS) is 27.1. The molecule has 1 aromatic rings. The van der Waals surface area contributed by atoms with Crippen LogP contribution >= 0.6 is 0 Å². The van der Waals surface area contributed by atoms with Gasteiger partial charge in [0.2, 0.25) is 5.91 Å². The van der Waals surface area contributed by atoms with E-state index in [0.29, 0.717) is 31.0 Å². The summed E-state index contributed by atoms with van der Waals surface area (Å²) in [5.41, 5.74) is 0.632. The molecule has 0 radical (unpaired) electrons. The number of amidine groups is 1. The Kier molecular flexibility index (Phi) is 4.71. The van der Waals surface area contributed by atoms with Crippen molar-refractivity contribution in [3.8, 4) is 0 Å². The number of piperidine rings is 1. The average molecular weight is 377 g/mol. The quantitative estimate of drug-likeness (QED) is 0.854. The number of ether oxygens (including phenoxy) is 1. The minimum Gasteiger partial charge on any atom is -0.376 e. The third-order valence-electron chi connectivity index (χ3n) is 5.23. The number of hydrogen-bond donors (Lipinski definition) is 1. The first-order valence-electron chi connectivity index (χ1n) is 9.13. The van der Waals surface area contributed by atoms with Gasteiger partial charge in [-0.05, 0) is 37.8 Å². The summed E-state index contributed by atoms with van der Waals surface area (Å²) in [6.45, 7) is 2.51. The molecule has 7 nitrogen and oxygen atoms in total. The lowest BCUT2D eigenvalue weighted by Gasteiger charge is -2.33. The second kappa shape index (κ2) is 7.00. The Morgan fingerprint density at radius 2 is 2.12 bits per heavy atom. The number of fused-ring (bicyclic) bond motifs is 1. The zero-order chi connectivity index (χ0) is 18.1. The maximum atomic E-state index is 12.5. The molecule has 3 aliphatic heterocycles. The highest BCUT2D eigenvalue weighted by Gasteiger charge is 2.35. The Morgan fingerprint density at radius 3 is 2.92 bits per heavy atom. The lowest BCUT2D eigenvalue weighted by atomic mass is 9.96. The molecule has 1 aromatic carbocycles. The molecule has 0 spiro atoms. The van der Waals surface area contributed by atoms with Crippen LogP contribution in [0.4, 0.5) is 0 Å². The van der Waals surface area contributed by atoms with Crippen molar-refractivity contribution in [2.45, 2.75) is 36.7 Å². The van der Waals surface area contributed by atoms with Gasteiger partial charge in [0.25, 0.3) is 10.0 Å². The first-order chi connectivity index (χ1) is 12.5. The number of likely N-dealkylation sites (tertiary alicyclic amines) is 1. The standard InChI is InChI=1S/C18H23N3O4S/c22-18(19-11-14-6-4-10-25-14)13-5-3-9-21(12-13)17-15-7-1-2-8-16(15)26(23,24)20-17/h1-2,7-8,13-14H,3-6,9-12H2,(H,19,22). The SMILES string of the molecule is O=C(NCC1CCCO1)C1CCCN(C2=NS(=O)(=O)c3ccccc32)C1. The number of amides is 1. The van der Waals surface area contributed by atoms with Gasteiger partial charge in [-0.1, -0.05) is 12.1 Å². The van der Waals surface area contributed by atoms with E-state index in [2.05, 4.69) is 9.71 Å². The number of benzene rings is 1. The van der Waals surface area contributed by atoms with Crippen molar-refractivity contribution >= 4 is 21.8 Å². The molecule has 0 aromatic heterocycles. The van der Waals surface area contributed by atoms with Crippen molar-refractivity contribution in [3.63, 3.8) is 0 Å². The third kappa shape index (κ3) is 3.35. The van der Waals surface area contributed by atoms with Crippen LogP contribution < -0.4 is 5.32 Å². The molecule has 2 saturated heterocycles. The number of carbonyl (C=O) groups excluding carboxylic acids is 1.